The van der Waals surface area contributed by atoms with E-state index in [-0.39, 0.29) is 11.9 Å². The number of amides is 1. The maximum Gasteiger partial charge on any atom is 0.241 e. The lowest BCUT2D eigenvalue weighted by atomic mass is 10.1. The Bertz CT molecular complexity index is 866. The Kier molecular flexibility index (Phi) is 5.58. The molecule has 2 aliphatic rings. The Morgan fingerprint density at radius 1 is 1.10 bits per heavy atom. The molecule has 1 aromatic carbocycles. The number of benzene rings is 1. The summed E-state index contributed by atoms with van der Waals surface area (Å²) in [5.41, 5.74) is 2.07. The molecule has 3 heterocycles. The summed E-state index contributed by atoms with van der Waals surface area (Å²) in [6.45, 7) is 5.97. The third kappa shape index (κ3) is 3.87. The van der Waals surface area contributed by atoms with Gasteiger partial charge in [0.05, 0.1) is 26.5 Å². The molecule has 29 heavy (non-hydrogen) atoms. The largest absolute Gasteiger partial charge is 0.493 e. The number of aromatic nitrogens is 1. The molecule has 0 bridgehead atoms. The first-order valence-corrected chi connectivity index (χ1v) is 10.1. The lowest BCUT2D eigenvalue weighted by Crippen LogP contribution is -2.51. The minimum Gasteiger partial charge on any atom is -0.493 e. The van der Waals surface area contributed by atoms with Crippen molar-refractivity contribution in [1.82, 2.24) is 9.88 Å². The van der Waals surface area contributed by atoms with E-state index in [9.17, 15) is 4.79 Å². The average molecular weight is 396 g/mol. The van der Waals surface area contributed by atoms with Gasteiger partial charge in [-0.25, -0.2) is 4.98 Å². The molecule has 1 fully saturated rings. The van der Waals surface area contributed by atoms with E-state index in [4.69, 9.17) is 9.47 Å². The van der Waals surface area contributed by atoms with E-state index in [0.29, 0.717) is 18.0 Å². The Morgan fingerprint density at radius 2 is 1.83 bits per heavy atom. The van der Waals surface area contributed by atoms with E-state index in [1.165, 1.54) is 0 Å². The molecule has 1 amide bonds. The molecule has 0 radical (unpaired) electrons. The summed E-state index contributed by atoms with van der Waals surface area (Å²) in [5, 5.41) is 0. The van der Waals surface area contributed by atoms with Crippen LogP contribution in [0.5, 0.6) is 11.5 Å². The number of nitrogens with zero attached hydrogens (tertiary/aromatic N) is 4. The van der Waals surface area contributed by atoms with E-state index in [0.717, 1.165) is 49.7 Å². The molecule has 7 nitrogen and oxygen atoms in total. The molecule has 1 unspecified atom stereocenters. The van der Waals surface area contributed by atoms with Gasteiger partial charge in [0, 0.05) is 44.5 Å². The van der Waals surface area contributed by atoms with Gasteiger partial charge in [0.15, 0.2) is 11.5 Å². The Morgan fingerprint density at radius 3 is 2.48 bits per heavy atom. The van der Waals surface area contributed by atoms with Crippen molar-refractivity contribution in [2.24, 2.45) is 0 Å². The lowest BCUT2D eigenvalue weighted by molar-refractivity contribution is -0.120. The van der Waals surface area contributed by atoms with E-state index < -0.39 is 0 Å². The van der Waals surface area contributed by atoms with Crippen LogP contribution in [0.15, 0.2) is 36.5 Å². The van der Waals surface area contributed by atoms with Gasteiger partial charge in [0.1, 0.15) is 5.82 Å². The highest BCUT2D eigenvalue weighted by Gasteiger charge is 2.33. The van der Waals surface area contributed by atoms with Crippen LogP contribution in [0.2, 0.25) is 0 Å². The lowest BCUT2D eigenvalue weighted by Gasteiger charge is -2.36. The van der Waals surface area contributed by atoms with Crippen LogP contribution in [0.25, 0.3) is 0 Å². The SMILES string of the molecule is COc1cc2c(cc1OC)N(C(=O)CN1CCN(c3ccccn3)CC1)C(C)C2. The molecule has 154 valence electrons. The molecule has 4 rings (SSSR count). The van der Waals surface area contributed by atoms with Crippen molar-refractivity contribution < 1.29 is 14.3 Å². The van der Waals surface area contributed by atoms with Crippen molar-refractivity contribution in [2.75, 3.05) is 56.7 Å². The molecule has 0 saturated carbocycles. The van der Waals surface area contributed by atoms with Crippen LogP contribution in [0.4, 0.5) is 11.5 Å². The Balaban J connectivity index is 1.42. The summed E-state index contributed by atoms with van der Waals surface area (Å²) in [6.07, 6.45) is 2.65. The average Bonchev–Trinajstić information content (AvgIpc) is 3.08. The van der Waals surface area contributed by atoms with Crippen LogP contribution < -0.4 is 19.3 Å². The minimum absolute atomic E-state index is 0.129. The predicted octanol–water partition coefficient (Wildman–Crippen LogP) is 2.20. The van der Waals surface area contributed by atoms with Crippen molar-refractivity contribution in [3.8, 4) is 11.5 Å². The number of methoxy groups -OCH3 is 2. The topological polar surface area (TPSA) is 58.1 Å². The quantitative estimate of drug-likeness (QED) is 0.772. The first-order chi connectivity index (χ1) is 14.1. The summed E-state index contributed by atoms with van der Waals surface area (Å²) in [6, 6.07) is 10.0. The number of anilines is 2. The number of hydrogen-bond donors (Lipinski definition) is 0. The highest BCUT2D eigenvalue weighted by atomic mass is 16.5. The first-order valence-electron chi connectivity index (χ1n) is 10.1. The van der Waals surface area contributed by atoms with Gasteiger partial charge < -0.3 is 19.3 Å². The van der Waals surface area contributed by atoms with Crippen LogP contribution >= 0.6 is 0 Å². The molecular formula is C22H28N4O3. The van der Waals surface area contributed by atoms with Crippen molar-refractivity contribution in [2.45, 2.75) is 19.4 Å². The second-order valence-corrected chi connectivity index (χ2v) is 7.60. The van der Waals surface area contributed by atoms with Gasteiger partial charge in [-0.05, 0) is 37.1 Å². The van der Waals surface area contributed by atoms with Crippen molar-refractivity contribution >= 4 is 17.4 Å². The highest BCUT2D eigenvalue weighted by molar-refractivity contribution is 5.98. The van der Waals surface area contributed by atoms with Crippen LogP contribution in [0, 0.1) is 0 Å². The first kappa shape index (κ1) is 19.5. The number of fused-ring (bicyclic) bond motifs is 1. The van der Waals surface area contributed by atoms with Crippen LogP contribution in [-0.2, 0) is 11.2 Å². The maximum atomic E-state index is 13.2. The number of rotatable bonds is 5. The molecule has 1 saturated heterocycles. The summed E-state index contributed by atoms with van der Waals surface area (Å²) < 4.78 is 10.9. The monoisotopic (exact) mass is 396 g/mol. The number of pyridine rings is 1. The standard InChI is InChI=1S/C22H28N4O3/c1-16-12-17-13-19(28-2)20(29-3)14-18(17)26(16)22(27)15-24-8-10-25(11-9-24)21-6-4-5-7-23-21/h4-7,13-14,16H,8-12,15H2,1-3H3. The van der Waals surface area contributed by atoms with Gasteiger partial charge in [-0.15, -0.1) is 0 Å². The van der Waals surface area contributed by atoms with E-state index in [1.807, 2.05) is 41.4 Å². The fourth-order valence-corrected chi connectivity index (χ4v) is 4.27. The molecule has 0 N–H and O–H groups in total. The molecule has 0 spiro atoms. The fourth-order valence-electron chi connectivity index (χ4n) is 4.27. The number of ether oxygens (including phenoxy) is 2. The summed E-state index contributed by atoms with van der Waals surface area (Å²) in [7, 11) is 3.26. The molecule has 2 aliphatic heterocycles. The second kappa shape index (κ2) is 8.29. The van der Waals surface area contributed by atoms with Crippen molar-refractivity contribution in [3.63, 3.8) is 0 Å². The minimum atomic E-state index is 0.129. The number of carbonyl (C=O) groups is 1. The van der Waals surface area contributed by atoms with Gasteiger partial charge in [-0.2, -0.15) is 0 Å². The van der Waals surface area contributed by atoms with Crippen LogP contribution in [0.3, 0.4) is 0 Å². The third-order valence-electron chi connectivity index (χ3n) is 5.77. The second-order valence-electron chi connectivity index (χ2n) is 7.60. The summed E-state index contributed by atoms with van der Waals surface area (Å²) in [5.74, 6) is 2.50. The van der Waals surface area contributed by atoms with E-state index >= 15 is 0 Å². The zero-order valence-corrected chi connectivity index (χ0v) is 17.3. The number of piperazine rings is 1. The van der Waals surface area contributed by atoms with Crippen LogP contribution in [-0.4, -0.2) is 68.8 Å². The molecule has 1 aromatic heterocycles. The Hall–Kier alpha value is -2.80. The third-order valence-corrected chi connectivity index (χ3v) is 5.77. The number of hydrogen-bond acceptors (Lipinski definition) is 6. The molecule has 0 aliphatic carbocycles. The predicted molar refractivity (Wildman–Crippen MR) is 113 cm³/mol. The zero-order chi connectivity index (χ0) is 20.4. The van der Waals surface area contributed by atoms with Gasteiger partial charge >= 0.3 is 0 Å². The summed E-state index contributed by atoms with van der Waals surface area (Å²) >= 11 is 0. The van der Waals surface area contributed by atoms with Gasteiger partial charge in [0.2, 0.25) is 5.91 Å². The van der Waals surface area contributed by atoms with E-state index in [2.05, 4.69) is 21.7 Å². The van der Waals surface area contributed by atoms with Crippen molar-refractivity contribution in [3.05, 3.63) is 42.1 Å². The highest BCUT2D eigenvalue weighted by Crippen LogP contribution is 2.40. The fraction of sp³-hybridized carbons (Fsp3) is 0.455. The van der Waals surface area contributed by atoms with Gasteiger partial charge in [-0.1, -0.05) is 6.07 Å². The zero-order valence-electron chi connectivity index (χ0n) is 17.3. The summed E-state index contributed by atoms with van der Waals surface area (Å²) in [4.78, 5) is 24.0. The number of carbonyl (C=O) groups excluding carboxylic acids is 1. The van der Waals surface area contributed by atoms with E-state index in [1.54, 1.807) is 14.2 Å². The van der Waals surface area contributed by atoms with Gasteiger partial charge in [0.25, 0.3) is 0 Å². The van der Waals surface area contributed by atoms with Gasteiger partial charge in [-0.3, -0.25) is 9.69 Å². The smallest absolute Gasteiger partial charge is 0.241 e. The normalized spacial score (nSPS) is 19.2. The van der Waals surface area contributed by atoms with Crippen LogP contribution in [0.1, 0.15) is 12.5 Å². The molecular weight excluding hydrogens is 368 g/mol. The Labute approximate surface area is 171 Å². The molecule has 7 heteroatoms. The maximum absolute atomic E-state index is 13.2. The van der Waals surface area contributed by atoms with Crippen molar-refractivity contribution in [1.29, 1.82) is 0 Å². The molecule has 1 atom stereocenters. The molecule has 2 aromatic rings.